The highest BCUT2D eigenvalue weighted by atomic mass is 19.4. The highest BCUT2D eigenvalue weighted by Crippen LogP contribution is 2.30. The van der Waals surface area contributed by atoms with Gasteiger partial charge in [-0.15, -0.1) is 0 Å². The van der Waals surface area contributed by atoms with E-state index in [0.717, 1.165) is 12.1 Å². The van der Waals surface area contributed by atoms with Gasteiger partial charge in [-0.3, -0.25) is 0 Å². The van der Waals surface area contributed by atoms with Crippen molar-refractivity contribution >= 4 is 11.4 Å². The molecule has 108 valence electrons. The van der Waals surface area contributed by atoms with Gasteiger partial charge in [0.1, 0.15) is 6.07 Å². The fraction of sp³-hybridized carbons (Fsp3) is 0.133. The Hall–Kier alpha value is -2.68. The Bertz CT molecular complexity index is 687. The third-order valence-corrected chi connectivity index (χ3v) is 2.96. The number of nitrogens with two attached hydrogens (primary N) is 1. The van der Waals surface area contributed by atoms with Crippen LogP contribution < -0.4 is 11.1 Å². The van der Waals surface area contributed by atoms with E-state index >= 15 is 0 Å². The summed E-state index contributed by atoms with van der Waals surface area (Å²) in [7, 11) is 0. The Labute approximate surface area is 119 Å². The molecule has 0 atom stereocenters. The van der Waals surface area contributed by atoms with Crippen LogP contribution in [0.4, 0.5) is 24.5 Å². The maximum atomic E-state index is 12.6. The van der Waals surface area contributed by atoms with Crippen molar-refractivity contribution in [3.8, 4) is 6.07 Å². The summed E-state index contributed by atoms with van der Waals surface area (Å²) in [4.78, 5) is 0. The minimum Gasteiger partial charge on any atom is -0.396 e. The van der Waals surface area contributed by atoms with Crippen LogP contribution in [0.15, 0.2) is 42.5 Å². The van der Waals surface area contributed by atoms with E-state index in [1.807, 2.05) is 6.07 Å². The van der Waals surface area contributed by atoms with Gasteiger partial charge in [0, 0.05) is 6.54 Å². The van der Waals surface area contributed by atoms with Crippen molar-refractivity contribution in [2.75, 3.05) is 11.1 Å². The number of hydrogen-bond acceptors (Lipinski definition) is 3. The van der Waals surface area contributed by atoms with Crippen LogP contribution in [-0.2, 0) is 12.7 Å². The van der Waals surface area contributed by atoms with Crippen LogP contribution in [-0.4, -0.2) is 0 Å². The van der Waals surface area contributed by atoms with Gasteiger partial charge >= 0.3 is 6.18 Å². The Morgan fingerprint density at radius 2 is 1.86 bits per heavy atom. The Morgan fingerprint density at radius 1 is 1.14 bits per heavy atom. The molecule has 21 heavy (non-hydrogen) atoms. The minimum absolute atomic E-state index is 0.184. The molecule has 2 aromatic carbocycles. The first-order valence-electron chi connectivity index (χ1n) is 6.10. The minimum atomic E-state index is -4.37. The largest absolute Gasteiger partial charge is 0.416 e. The lowest BCUT2D eigenvalue weighted by Gasteiger charge is -2.12. The number of anilines is 2. The number of nitrogens with zero attached hydrogens (tertiary/aromatic N) is 1. The lowest BCUT2D eigenvalue weighted by Crippen LogP contribution is -2.07. The van der Waals surface area contributed by atoms with E-state index in [1.54, 1.807) is 24.3 Å². The monoisotopic (exact) mass is 291 g/mol. The molecule has 3 nitrogen and oxygen atoms in total. The number of para-hydroxylation sites is 1. The van der Waals surface area contributed by atoms with Gasteiger partial charge in [-0.25, -0.2) is 0 Å². The van der Waals surface area contributed by atoms with Crippen LogP contribution in [0.25, 0.3) is 0 Å². The van der Waals surface area contributed by atoms with Crippen LogP contribution in [0.2, 0.25) is 0 Å². The third-order valence-electron chi connectivity index (χ3n) is 2.96. The molecule has 0 aromatic heterocycles. The molecule has 0 aliphatic heterocycles. The first-order valence-corrected chi connectivity index (χ1v) is 6.10. The van der Waals surface area contributed by atoms with Crippen LogP contribution in [0.3, 0.4) is 0 Å². The van der Waals surface area contributed by atoms with Crippen molar-refractivity contribution in [1.82, 2.24) is 0 Å². The maximum Gasteiger partial charge on any atom is 0.416 e. The van der Waals surface area contributed by atoms with Crippen LogP contribution in [0.5, 0.6) is 0 Å². The summed E-state index contributed by atoms with van der Waals surface area (Å²) in [5.74, 6) is 0. The molecular weight excluding hydrogens is 279 g/mol. The van der Waals surface area contributed by atoms with Crippen molar-refractivity contribution in [3.63, 3.8) is 0 Å². The molecule has 0 aliphatic carbocycles. The van der Waals surface area contributed by atoms with Gasteiger partial charge in [-0.1, -0.05) is 18.2 Å². The maximum absolute atomic E-state index is 12.6. The standard InChI is InChI=1S/C15H12F3N3/c16-15(17,18)12-5-1-3-10(7-12)9-21-13-6-2-4-11(8-19)14(13)20/h1-7,21H,9,20H2. The molecule has 0 saturated heterocycles. The van der Waals surface area contributed by atoms with E-state index in [-0.39, 0.29) is 12.2 Å². The molecule has 0 bridgehead atoms. The van der Waals surface area contributed by atoms with Crippen molar-refractivity contribution in [2.45, 2.75) is 12.7 Å². The van der Waals surface area contributed by atoms with Crippen LogP contribution >= 0.6 is 0 Å². The van der Waals surface area contributed by atoms with E-state index in [9.17, 15) is 13.2 Å². The lowest BCUT2D eigenvalue weighted by molar-refractivity contribution is -0.137. The van der Waals surface area contributed by atoms with Gasteiger partial charge in [-0.05, 0) is 29.8 Å². The molecule has 0 radical (unpaired) electrons. The number of hydrogen-bond donors (Lipinski definition) is 2. The molecule has 0 amide bonds. The SMILES string of the molecule is N#Cc1cccc(NCc2cccc(C(F)(F)F)c2)c1N. The van der Waals surface area contributed by atoms with E-state index in [4.69, 9.17) is 11.0 Å². The predicted octanol–water partition coefficient (Wildman–Crippen LogP) is 3.77. The molecular formula is C15H12F3N3. The van der Waals surface area contributed by atoms with E-state index in [0.29, 0.717) is 16.8 Å². The van der Waals surface area contributed by atoms with Gasteiger partial charge in [0.25, 0.3) is 0 Å². The second-order valence-corrected chi connectivity index (χ2v) is 4.43. The van der Waals surface area contributed by atoms with Crippen molar-refractivity contribution in [1.29, 1.82) is 5.26 Å². The zero-order valence-corrected chi connectivity index (χ0v) is 10.9. The van der Waals surface area contributed by atoms with Crippen molar-refractivity contribution < 1.29 is 13.2 Å². The molecule has 6 heteroatoms. The second kappa shape index (κ2) is 5.75. The van der Waals surface area contributed by atoms with E-state index < -0.39 is 11.7 Å². The van der Waals surface area contributed by atoms with Gasteiger partial charge in [0.05, 0.1) is 22.5 Å². The average molecular weight is 291 g/mol. The van der Waals surface area contributed by atoms with Crippen LogP contribution in [0.1, 0.15) is 16.7 Å². The number of rotatable bonds is 3. The normalized spacial score (nSPS) is 11.0. The smallest absolute Gasteiger partial charge is 0.396 e. The van der Waals surface area contributed by atoms with E-state index in [2.05, 4.69) is 5.32 Å². The summed E-state index contributed by atoms with van der Waals surface area (Å²) in [6.45, 7) is 0.184. The number of alkyl halides is 3. The topological polar surface area (TPSA) is 61.8 Å². The first kappa shape index (κ1) is 14.7. The van der Waals surface area contributed by atoms with Crippen molar-refractivity contribution in [2.24, 2.45) is 0 Å². The quantitative estimate of drug-likeness (QED) is 0.846. The predicted molar refractivity (Wildman–Crippen MR) is 74.3 cm³/mol. The fourth-order valence-corrected chi connectivity index (χ4v) is 1.87. The number of benzene rings is 2. The average Bonchev–Trinajstić information content (AvgIpc) is 2.45. The van der Waals surface area contributed by atoms with Gasteiger partial charge in [0.15, 0.2) is 0 Å². The third kappa shape index (κ3) is 3.45. The molecule has 0 heterocycles. The highest BCUT2D eigenvalue weighted by Gasteiger charge is 2.30. The second-order valence-electron chi connectivity index (χ2n) is 4.43. The summed E-state index contributed by atoms with van der Waals surface area (Å²) in [5.41, 5.74) is 6.70. The first-order chi connectivity index (χ1) is 9.91. The molecule has 0 spiro atoms. The Balaban J connectivity index is 2.16. The van der Waals surface area contributed by atoms with E-state index in [1.165, 1.54) is 6.07 Å². The molecule has 2 rings (SSSR count). The summed E-state index contributed by atoms with van der Waals surface area (Å²) < 4.78 is 37.9. The summed E-state index contributed by atoms with van der Waals surface area (Å²) in [6, 6.07) is 11.9. The summed E-state index contributed by atoms with van der Waals surface area (Å²) in [6.07, 6.45) is -4.37. The van der Waals surface area contributed by atoms with Gasteiger partial charge in [-0.2, -0.15) is 18.4 Å². The fourth-order valence-electron chi connectivity index (χ4n) is 1.87. The number of nitrogens with one attached hydrogen (secondary N) is 1. The lowest BCUT2D eigenvalue weighted by atomic mass is 10.1. The van der Waals surface area contributed by atoms with Gasteiger partial charge in [0.2, 0.25) is 0 Å². The number of nitrogen functional groups attached to an aromatic ring is 1. The molecule has 0 fully saturated rings. The molecule has 0 aliphatic rings. The number of nitriles is 1. The molecule has 2 aromatic rings. The molecule has 0 unspecified atom stereocenters. The Morgan fingerprint density at radius 3 is 2.52 bits per heavy atom. The molecule has 0 saturated carbocycles. The van der Waals surface area contributed by atoms with Crippen LogP contribution in [0, 0.1) is 11.3 Å². The Kier molecular flexibility index (Phi) is 4.03. The van der Waals surface area contributed by atoms with Crippen molar-refractivity contribution in [3.05, 3.63) is 59.2 Å². The zero-order chi connectivity index (χ0) is 15.5. The molecule has 3 N–H and O–H groups in total. The summed E-state index contributed by atoms with van der Waals surface area (Å²) >= 11 is 0. The summed E-state index contributed by atoms with van der Waals surface area (Å²) in [5, 5.41) is 11.8. The zero-order valence-electron chi connectivity index (χ0n) is 10.9. The highest BCUT2D eigenvalue weighted by molar-refractivity contribution is 5.72. The van der Waals surface area contributed by atoms with Gasteiger partial charge < -0.3 is 11.1 Å². The number of halogens is 3.